The van der Waals surface area contributed by atoms with Gasteiger partial charge in [0.1, 0.15) is 0 Å². The highest BCUT2D eigenvalue weighted by Gasteiger charge is 2.15. The Morgan fingerprint density at radius 2 is 1.63 bits per heavy atom. The number of hydrogen-bond acceptors (Lipinski definition) is 5. The minimum atomic E-state index is -3.69. The first-order valence-corrected chi connectivity index (χ1v) is 9.65. The number of nitrogens with one attached hydrogen (secondary N) is 3. The molecule has 0 aliphatic heterocycles. The maximum Gasteiger partial charge on any atom is 0.271 e. The van der Waals surface area contributed by atoms with Gasteiger partial charge in [-0.3, -0.25) is 20.4 Å². The zero-order valence-corrected chi connectivity index (χ0v) is 15.9. The predicted molar refractivity (Wildman–Crippen MR) is 99.9 cm³/mol. The molecule has 0 bridgehead atoms. The van der Waals surface area contributed by atoms with Gasteiger partial charge in [0.05, 0.1) is 22.1 Å². The van der Waals surface area contributed by atoms with Crippen LogP contribution in [-0.4, -0.2) is 40.5 Å². The second kappa shape index (κ2) is 9.47. The predicted octanol–water partition coefficient (Wildman–Crippen LogP) is 1.34. The van der Waals surface area contributed by atoms with Crippen molar-refractivity contribution in [2.24, 2.45) is 0 Å². The Morgan fingerprint density at radius 1 is 1.00 bits per heavy atom. The first-order chi connectivity index (χ1) is 12.8. The molecule has 0 unspecified atom stereocenters. The van der Waals surface area contributed by atoms with Gasteiger partial charge in [-0.15, -0.1) is 0 Å². The second-order valence-corrected chi connectivity index (χ2v) is 7.48. The summed E-state index contributed by atoms with van der Waals surface area (Å²) in [6.45, 7) is 0.375. The lowest BCUT2D eigenvalue weighted by molar-refractivity contribution is 0.0846. The number of carbonyl (C=O) groups excluding carboxylic acids is 2. The van der Waals surface area contributed by atoms with Gasteiger partial charge in [-0.05, 0) is 36.4 Å². The van der Waals surface area contributed by atoms with E-state index in [1.807, 2.05) is 0 Å². The lowest BCUT2D eigenvalue weighted by atomic mass is 10.2. The Hall–Kier alpha value is -2.46. The summed E-state index contributed by atoms with van der Waals surface area (Å²) in [5.74, 6) is -1.18. The molecular formula is C17H18ClN3O5S. The van der Waals surface area contributed by atoms with Gasteiger partial charge in [0, 0.05) is 19.2 Å². The molecule has 0 aromatic heterocycles. The van der Waals surface area contributed by atoms with Crippen LogP contribution in [0.1, 0.15) is 20.7 Å². The van der Waals surface area contributed by atoms with Crippen LogP contribution in [-0.2, 0) is 14.8 Å². The summed E-state index contributed by atoms with van der Waals surface area (Å²) in [5.41, 5.74) is 4.88. The molecule has 0 spiro atoms. The summed E-state index contributed by atoms with van der Waals surface area (Å²) in [6.07, 6.45) is 0. The Bertz CT molecular complexity index is 916. The first kappa shape index (κ1) is 20.8. The number of ether oxygens (including phenoxy) is 1. The molecule has 0 aliphatic carbocycles. The fraction of sp³-hybridized carbons (Fsp3) is 0.176. The molecule has 0 saturated carbocycles. The normalized spacial score (nSPS) is 11.0. The quantitative estimate of drug-likeness (QED) is 0.470. The van der Waals surface area contributed by atoms with E-state index in [1.165, 1.54) is 37.4 Å². The van der Waals surface area contributed by atoms with E-state index in [-0.39, 0.29) is 34.2 Å². The summed E-state index contributed by atoms with van der Waals surface area (Å²) in [4.78, 5) is 24.1. The molecule has 10 heteroatoms. The molecular weight excluding hydrogens is 394 g/mol. The Balaban J connectivity index is 1.97. The third-order valence-corrected chi connectivity index (χ3v) is 5.24. The summed E-state index contributed by atoms with van der Waals surface area (Å²) in [6, 6.07) is 11.6. The number of hydrogen-bond donors (Lipinski definition) is 3. The van der Waals surface area contributed by atoms with Gasteiger partial charge in [-0.1, -0.05) is 23.7 Å². The van der Waals surface area contributed by atoms with Crippen molar-refractivity contribution in [2.75, 3.05) is 20.3 Å². The summed E-state index contributed by atoms with van der Waals surface area (Å²) in [5, 5.41) is 0.250. The maximum atomic E-state index is 12.1. The molecule has 0 heterocycles. The minimum Gasteiger partial charge on any atom is -0.383 e. The topological polar surface area (TPSA) is 114 Å². The molecule has 3 N–H and O–H groups in total. The van der Waals surface area contributed by atoms with E-state index < -0.39 is 21.8 Å². The molecule has 0 aliphatic rings. The molecule has 2 aromatic carbocycles. The molecule has 0 radical (unpaired) electrons. The summed E-state index contributed by atoms with van der Waals surface area (Å²) in [7, 11) is -2.22. The van der Waals surface area contributed by atoms with Crippen LogP contribution in [0.15, 0.2) is 53.4 Å². The van der Waals surface area contributed by atoms with Crippen LogP contribution in [0.25, 0.3) is 0 Å². The van der Waals surface area contributed by atoms with Gasteiger partial charge in [-0.2, -0.15) is 0 Å². The van der Waals surface area contributed by atoms with Crippen LogP contribution in [0.2, 0.25) is 5.02 Å². The molecule has 27 heavy (non-hydrogen) atoms. The Kier molecular flexibility index (Phi) is 7.31. The van der Waals surface area contributed by atoms with Gasteiger partial charge in [0.25, 0.3) is 11.8 Å². The van der Waals surface area contributed by atoms with E-state index in [0.717, 1.165) is 0 Å². The lowest BCUT2D eigenvalue weighted by Gasteiger charge is -2.09. The summed E-state index contributed by atoms with van der Waals surface area (Å²) >= 11 is 5.91. The largest absolute Gasteiger partial charge is 0.383 e. The summed E-state index contributed by atoms with van der Waals surface area (Å²) < 4.78 is 31.3. The highest BCUT2D eigenvalue weighted by molar-refractivity contribution is 7.89. The molecule has 0 fully saturated rings. The number of hydrazine groups is 1. The van der Waals surface area contributed by atoms with Crippen LogP contribution in [0.3, 0.4) is 0 Å². The van der Waals surface area contributed by atoms with E-state index >= 15 is 0 Å². The number of halogens is 1. The monoisotopic (exact) mass is 411 g/mol. The molecule has 8 nitrogen and oxygen atoms in total. The van der Waals surface area contributed by atoms with Crippen LogP contribution >= 0.6 is 11.6 Å². The lowest BCUT2D eigenvalue weighted by Crippen LogP contribution is -2.41. The highest BCUT2D eigenvalue weighted by atomic mass is 35.5. The fourth-order valence-corrected chi connectivity index (χ4v) is 3.28. The third kappa shape index (κ3) is 5.76. The SMILES string of the molecule is COCCNS(=O)(=O)c1ccc(C(=O)NNC(=O)c2ccccc2Cl)cc1. The number of amides is 2. The van der Waals surface area contributed by atoms with Crippen molar-refractivity contribution in [3.63, 3.8) is 0 Å². The van der Waals surface area contributed by atoms with Gasteiger partial charge >= 0.3 is 0 Å². The van der Waals surface area contributed by atoms with Crippen molar-refractivity contribution in [1.82, 2.24) is 15.6 Å². The van der Waals surface area contributed by atoms with Crippen LogP contribution in [0.5, 0.6) is 0 Å². The Labute approximate surface area is 161 Å². The van der Waals surface area contributed by atoms with Gasteiger partial charge in [-0.25, -0.2) is 13.1 Å². The number of sulfonamides is 1. The van der Waals surface area contributed by atoms with Crippen molar-refractivity contribution >= 4 is 33.4 Å². The molecule has 144 valence electrons. The Morgan fingerprint density at radius 3 is 2.26 bits per heavy atom. The molecule has 2 amide bonds. The average Bonchev–Trinajstić information content (AvgIpc) is 2.66. The fourth-order valence-electron chi connectivity index (χ4n) is 2.05. The van der Waals surface area contributed by atoms with E-state index in [9.17, 15) is 18.0 Å². The van der Waals surface area contributed by atoms with E-state index in [4.69, 9.17) is 16.3 Å². The van der Waals surface area contributed by atoms with Crippen molar-refractivity contribution in [2.45, 2.75) is 4.90 Å². The van der Waals surface area contributed by atoms with E-state index in [0.29, 0.717) is 0 Å². The van der Waals surface area contributed by atoms with Crippen LogP contribution in [0, 0.1) is 0 Å². The highest BCUT2D eigenvalue weighted by Crippen LogP contribution is 2.14. The molecule has 2 aromatic rings. The molecule has 2 rings (SSSR count). The van der Waals surface area contributed by atoms with Crippen LogP contribution in [0.4, 0.5) is 0 Å². The zero-order valence-electron chi connectivity index (χ0n) is 14.4. The average molecular weight is 412 g/mol. The van der Waals surface area contributed by atoms with Crippen molar-refractivity contribution < 1.29 is 22.7 Å². The van der Waals surface area contributed by atoms with Gasteiger partial charge in [0.15, 0.2) is 0 Å². The van der Waals surface area contributed by atoms with Crippen molar-refractivity contribution in [1.29, 1.82) is 0 Å². The third-order valence-electron chi connectivity index (χ3n) is 3.43. The van der Waals surface area contributed by atoms with Gasteiger partial charge < -0.3 is 4.74 Å². The standard InChI is InChI=1S/C17H18ClN3O5S/c1-26-11-10-19-27(24,25)13-8-6-12(7-9-13)16(22)20-21-17(23)14-4-2-3-5-15(14)18/h2-9,19H,10-11H2,1H3,(H,20,22)(H,21,23). The number of benzene rings is 2. The maximum absolute atomic E-state index is 12.1. The smallest absolute Gasteiger partial charge is 0.271 e. The zero-order chi connectivity index (χ0) is 19.9. The van der Waals surface area contributed by atoms with Crippen LogP contribution < -0.4 is 15.6 Å². The van der Waals surface area contributed by atoms with Gasteiger partial charge in [0.2, 0.25) is 10.0 Å². The minimum absolute atomic E-state index is 0.00950. The second-order valence-electron chi connectivity index (χ2n) is 5.30. The molecule has 0 saturated heterocycles. The van der Waals surface area contributed by atoms with E-state index in [1.54, 1.807) is 18.2 Å². The van der Waals surface area contributed by atoms with Crippen molar-refractivity contribution in [3.8, 4) is 0 Å². The van der Waals surface area contributed by atoms with Crippen molar-refractivity contribution in [3.05, 3.63) is 64.7 Å². The van der Waals surface area contributed by atoms with E-state index in [2.05, 4.69) is 15.6 Å². The first-order valence-electron chi connectivity index (χ1n) is 7.79. The number of rotatable bonds is 7. The number of methoxy groups -OCH3 is 1. The number of carbonyl (C=O) groups is 2. The molecule has 0 atom stereocenters.